The number of hydrogen-bond acceptors (Lipinski definition) is 1. The number of aliphatic imine (C=N–C) groups is 2. The van der Waals surface area contributed by atoms with Crippen LogP contribution in [-0.2, 0) is 0 Å². The molecule has 7 heteroatoms. The third-order valence-corrected chi connectivity index (χ3v) is 2.60. The zero-order valence-electron chi connectivity index (χ0n) is 7.61. The lowest BCUT2D eigenvalue weighted by atomic mass is 10.3. The summed E-state index contributed by atoms with van der Waals surface area (Å²) in [5, 5.41) is 0.592. The zero-order chi connectivity index (χ0) is 11.4. The van der Waals surface area contributed by atoms with Gasteiger partial charge in [0.05, 0.1) is 10.7 Å². The van der Waals surface area contributed by atoms with E-state index in [1.54, 1.807) is 18.2 Å². The van der Waals surface area contributed by atoms with E-state index in [1.165, 1.54) is 0 Å². The molecular weight excluding hydrogens is 281 g/mol. The average Bonchev–Trinajstić information content (AvgIpc) is 2.10. The van der Waals surface area contributed by atoms with Crippen molar-refractivity contribution in [3.8, 4) is 0 Å². The van der Waals surface area contributed by atoms with Crippen LogP contribution in [0.1, 0.15) is 0 Å². The Morgan fingerprint density at radius 1 is 1.27 bits per heavy atom. The third kappa shape index (κ3) is 3.77. The standard InChI is InChI=1S/C8H9BrClN5/c9-5-3-4(1-2-6(5)10)14-8(13)15-7(11)12/h1-3H,(H6,11,12,13,14,15). The van der Waals surface area contributed by atoms with Gasteiger partial charge in [-0.25, -0.2) is 4.99 Å². The van der Waals surface area contributed by atoms with E-state index < -0.39 is 0 Å². The van der Waals surface area contributed by atoms with Gasteiger partial charge in [0.2, 0.25) is 5.96 Å². The smallest absolute Gasteiger partial charge is 0.223 e. The van der Waals surface area contributed by atoms with Gasteiger partial charge in [-0.3, -0.25) is 0 Å². The summed E-state index contributed by atoms with van der Waals surface area (Å²) in [6.45, 7) is 0. The number of benzene rings is 1. The molecule has 15 heavy (non-hydrogen) atoms. The van der Waals surface area contributed by atoms with E-state index in [9.17, 15) is 0 Å². The first kappa shape index (κ1) is 11.8. The van der Waals surface area contributed by atoms with Crippen LogP contribution in [0.15, 0.2) is 32.7 Å². The van der Waals surface area contributed by atoms with Crippen LogP contribution in [0, 0.1) is 0 Å². The highest BCUT2D eigenvalue weighted by molar-refractivity contribution is 9.10. The maximum Gasteiger partial charge on any atom is 0.223 e. The summed E-state index contributed by atoms with van der Waals surface area (Å²) in [6.07, 6.45) is 0. The van der Waals surface area contributed by atoms with Crippen LogP contribution in [0.5, 0.6) is 0 Å². The summed E-state index contributed by atoms with van der Waals surface area (Å²) in [6, 6.07) is 5.09. The summed E-state index contributed by atoms with van der Waals surface area (Å²) < 4.78 is 0.725. The molecule has 80 valence electrons. The molecule has 1 aromatic carbocycles. The summed E-state index contributed by atoms with van der Waals surface area (Å²) in [4.78, 5) is 7.54. The third-order valence-electron chi connectivity index (χ3n) is 1.39. The van der Waals surface area contributed by atoms with Gasteiger partial charge in [0.1, 0.15) is 0 Å². The second kappa shape index (κ2) is 4.99. The van der Waals surface area contributed by atoms with Crippen molar-refractivity contribution in [1.29, 1.82) is 0 Å². The van der Waals surface area contributed by atoms with E-state index in [4.69, 9.17) is 28.8 Å². The average molecular weight is 291 g/mol. The Morgan fingerprint density at radius 2 is 1.93 bits per heavy atom. The fourth-order valence-corrected chi connectivity index (χ4v) is 1.33. The van der Waals surface area contributed by atoms with Crippen molar-refractivity contribution in [3.05, 3.63) is 27.7 Å². The minimum absolute atomic E-state index is 0.00998. The summed E-state index contributed by atoms with van der Waals surface area (Å²) in [7, 11) is 0. The number of rotatable bonds is 1. The van der Waals surface area contributed by atoms with E-state index in [2.05, 4.69) is 25.9 Å². The Bertz CT molecular complexity index is 425. The molecule has 5 nitrogen and oxygen atoms in total. The molecule has 0 radical (unpaired) electrons. The quantitative estimate of drug-likeness (QED) is 0.537. The molecule has 0 bridgehead atoms. The molecule has 0 saturated carbocycles. The molecule has 1 rings (SSSR count). The first-order valence-corrected chi connectivity index (χ1v) is 5.05. The molecule has 0 atom stereocenters. The monoisotopic (exact) mass is 289 g/mol. The fraction of sp³-hybridized carbons (Fsp3) is 0. The van der Waals surface area contributed by atoms with Gasteiger partial charge in [0.15, 0.2) is 5.96 Å². The lowest BCUT2D eigenvalue weighted by Crippen LogP contribution is -2.26. The van der Waals surface area contributed by atoms with Crippen LogP contribution in [0.25, 0.3) is 0 Å². The van der Waals surface area contributed by atoms with Crippen molar-refractivity contribution >= 4 is 45.1 Å². The van der Waals surface area contributed by atoms with Crippen LogP contribution in [-0.4, -0.2) is 11.9 Å². The van der Waals surface area contributed by atoms with Gasteiger partial charge in [0.25, 0.3) is 0 Å². The molecule has 0 spiro atoms. The first-order chi connectivity index (χ1) is 6.99. The lowest BCUT2D eigenvalue weighted by molar-refractivity contribution is 1.38. The molecule has 0 amide bonds. The molecule has 0 aromatic heterocycles. The lowest BCUT2D eigenvalue weighted by Gasteiger charge is -1.98. The van der Waals surface area contributed by atoms with E-state index >= 15 is 0 Å². The normalized spacial score (nSPS) is 11.2. The van der Waals surface area contributed by atoms with Gasteiger partial charge in [-0.2, -0.15) is 4.99 Å². The van der Waals surface area contributed by atoms with E-state index in [0.717, 1.165) is 4.47 Å². The zero-order valence-corrected chi connectivity index (χ0v) is 9.96. The maximum absolute atomic E-state index is 5.81. The molecule has 0 fully saturated rings. The molecule has 0 heterocycles. The van der Waals surface area contributed by atoms with Gasteiger partial charge in [-0.15, -0.1) is 0 Å². The predicted octanol–water partition coefficient (Wildman–Crippen LogP) is 1.32. The number of halogens is 2. The van der Waals surface area contributed by atoms with Gasteiger partial charge >= 0.3 is 0 Å². The Hall–Kier alpha value is -1.27. The fourth-order valence-electron chi connectivity index (χ4n) is 0.844. The molecule has 6 N–H and O–H groups in total. The Balaban J connectivity index is 2.99. The molecule has 0 aliphatic carbocycles. The predicted molar refractivity (Wildman–Crippen MR) is 66.2 cm³/mol. The highest BCUT2D eigenvalue weighted by atomic mass is 79.9. The number of guanidine groups is 2. The van der Waals surface area contributed by atoms with Crippen molar-refractivity contribution < 1.29 is 0 Å². The molecule has 0 aliphatic heterocycles. The van der Waals surface area contributed by atoms with Gasteiger partial charge in [-0.05, 0) is 34.1 Å². The van der Waals surface area contributed by atoms with Crippen molar-refractivity contribution in [3.63, 3.8) is 0 Å². The highest BCUT2D eigenvalue weighted by Gasteiger charge is 1.98. The molecule has 1 aromatic rings. The molecular formula is C8H9BrClN5. The summed E-state index contributed by atoms with van der Waals surface area (Å²) in [5.74, 6) is -0.145. The van der Waals surface area contributed by atoms with Crippen LogP contribution in [0.3, 0.4) is 0 Å². The van der Waals surface area contributed by atoms with Crippen LogP contribution >= 0.6 is 27.5 Å². The summed E-state index contributed by atoms with van der Waals surface area (Å²) >= 11 is 9.07. The minimum atomic E-state index is -0.135. The van der Waals surface area contributed by atoms with Crippen molar-refractivity contribution in [2.75, 3.05) is 0 Å². The Kier molecular flexibility index (Phi) is 3.93. The Labute approximate surface area is 100 Å². The van der Waals surface area contributed by atoms with Gasteiger partial charge < -0.3 is 17.2 Å². The SMILES string of the molecule is NC(N)=NC(N)=Nc1ccc(Cl)c(Br)c1. The Morgan fingerprint density at radius 3 is 2.47 bits per heavy atom. The summed E-state index contributed by atoms with van der Waals surface area (Å²) in [5.41, 5.74) is 16.3. The van der Waals surface area contributed by atoms with Gasteiger partial charge in [-0.1, -0.05) is 11.6 Å². The number of nitrogens with zero attached hydrogens (tertiary/aromatic N) is 2. The second-order valence-electron chi connectivity index (χ2n) is 2.61. The topological polar surface area (TPSA) is 103 Å². The number of hydrogen-bond donors (Lipinski definition) is 3. The molecule has 0 saturated heterocycles. The number of nitrogens with two attached hydrogens (primary N) is 3. The second-order valence-corrected chi connectivity index (χ2v) is 3.87. The van der Waals surface area contributed by atoms with E-state index in [1.807, 2.05) is 0 Å². The van der Waals surface area contributed by atoms with Crippen molar-refractivity contribution in [2.45, 2.75) is 0 Å². The maximum atomic E-state index is 5.81. The first-order valence-electron chi connectivity index (χ1n) is 3.88. The highest BCUT2D eigenvalue weighted by Crippen LogP contribution is 2.26. The largest absolute Gasteiger partial charge is 0.370 e. The van der Waals surface area contributed by atoms with Gasteiger partial charge in [0, 0.05) is 4.47 Å². The van der Waals surface area contributed by atoms with Crippen LogP contribution in [0.2, 0.25) is 5.02 Å². The van der Waals surface area contributed by atoms with E-state index in [-0.39, 0.29) is 11.9 Å². The van der Waals surface area contributed by atoms with Crippen molar-refractivity contribution in [1.82, 2.24) is 0 Å². The molecule has 0 unspecified atom stereocenters. The van der Waals surface area contributed by atoms with Crippen LogP contribution < -0.4 is 17.2 Å². The van der Waals surface area contributed by atoms with E-state index in [0.29, 0.717) is 10.7 Å². The minimum Gasteiger partial charge on any atom is -0.370 e. The van der Waals surface area contributed by atoms with Crippen LogP contribution in [0.4, 0.5) is 5.69 Å². The molecule has 0 aliphatic rings. The van der Waals surface area contributed by atoms with Crippen molar-refractivity contribution in [2.24, 2.45) is 27.2 Å².